The third-order valence-corrected chi connectivity index (χ3v) is 3.23. The van der Waals surface area contributed by atoms with Crippen LogP contribution in [0.1, 0.15) is 17.2 Å². The minimum absolute atomic E-state index is 0.368. The first-order valence-corrected chi connectivity index (χ1v) is 6.21. The molecule has 0 aliphatic heterocycles. The van der Waals surface area contributed by atoms with Crippen LogP contribution in [0.15, 0.2) is 46.9 Å². The number of hydrogen-bond donors (Lipinski definition) is 1. The molecule has 0 fully saturated rings. The Morgan fingerprint density at radius 2 is 1.94 bits per heavy atom. The summed E-state index contributed by atoms with van der Waals surface area (Å²) in [6, 6.07) is 11.5. The molecule has 0 bridgehead atoms. The molecular weight excluding hydrogens is 305 g/mol. The Morgan fingerprint density at radius 1 is 1.18 bits per heavy atom. The zero-order chi connectivity index (χ0) is 12.4. The molecule has 1 nitrogen and oxygen atoms in total. The van der Waals surface area contributed by atoms with Crippen molar-refractivity contribution in [1.29, 1.82) is 0 Å². The fourth-order valence-electron chi connectivity index (χ4n) is 1.63. The van der Waals surface area contributed by atoms with Gasteiger partial charge in [0, 0.05) is 15.1 Å². The van der Waals surface area contributed by atoms with E-state index in [2.05, 4.69) is 15.9 Å². The van der Waals surface area contributed by atoms with Gasteiger partial charge in [0.25, 0.3) is 0 Å². The molecule has 2 aromatic carbocycles. The average Bonchev–Trinajstić information content (AvgIpc) is 2.28. The summed E-state index contributed by atoms with van der Waals surface area (Å²) in [4.78, 5) is 0. The van der Waals surface area contributed by atoms with Gasteiger partial charge in [-0.3, -0.25) is 0 Å². The van der Waals surface area contributed by atoms with Crippen LogP contribution in [0.25, 0.3) is 0 Å². The van der Waals surface area contributed by atoms with Gasteiger partial charge in [0.05, 0.1) is 6.04 Å². The molecule has 0 saturated carbocycles. The SMILES string of the molecule is NC(c1cccc(Br)c1)c1ccc(Cl)cc1F. The van der Waals surface area contributed by atoms with Gasteiger partial charge >= 0.3 is 0 Å². The molecule has 2 rings (SSSR count). The molecule has 0 amide bonds. The summed E-state index contributed by atoms with van der Waals surface area (Å²) in [6.45, 7) is 0. The van der Waals surface area contributed by atoms with Crippen LogP contribution in [0.4, 0.5) is 4.39 Å². The van der Waals surface area contributed by atoms with Crippen LogP contribution >= 0.6 is 27.5 Å². The van der Waals surface area contributed by atoms with Crippen LogP contribution < -0.4 is 5.73 Å². The van der Waals surface area contributed by atoms with E-state index < -0.39 is 6.04 Å². The van der Waals surface area contributed by atoms with Crippen LogP contribution in [0.3, 0.4) is 0 Å². The molecule has 0 aliphatic rings. The smallest absolute Gasteiger partial charge is 0.129 e. The Bertz CT molecular complexity index is 545. The lowest BCUT2D eigenvalue weighted by molar-refractivity contribution is 0.600. The van der Waals surface area contributed by atoms with E-state index in [1.807, 2.05) is 24.3 Å². The second-order valence-corrected chi connectivity index (χ2v) is 5.05. The largest absolute Gasteiger partial charge is 0.320 e. The fourth-order valence-corrected chi connectivity index (χ4v) is 2.21. The summed E-state index contributed by atoms with van der Waals surface area (Å²) in [5.74, 6) is -0.384. The Hall–Kier alpha value is -0.900. The van der Waals surface area contributed by atoms with Gasteiger partial charge in [-0.1, -0.05) is 45.7 Å². The van der Waals surface area contributed by atoms with E-state index in [4.69, 9.17) is 17.3 Å². The van der Waals surface area contributed by atoms with E-state index in [1.165, 1.54) is 6.07 Å². The predicted octanol–water partition coefficient (Wildman–Crippen LogP) is 4.29. The van der Waals surface area contributed by atoms with Crippen molar-refractivity contribution < 1.29 is 4.39 Å². The lowest BCUT2D eigenvalue weighted by Crippen LogP contribution is -2.13. The number of halogens is 3. The van der Waals surface area contributed by atoms with Crippen molar-refractivity contribution in [2.45, 2.75) is 6.04 Å². The van der Waals surface area contributed by atoms with Gasteiger partial charge < -0.3 is 5.73 Å². The molecule has 88 valence electrons. The summed E-state index contributed by atoms with van der Waals surface area (Å²) in [5.41, 5.74) is 7.32. The van der Waals surface area contributed by atoms with E-state index in [0.717, 1.165) is 10.0 Å². The summed E-state index contributed by atoms with van der Waals surface area (Å²) < 4.78 is 14.6. The molecule has 0 aromatic heterocycles. The van der Waals surface area contributed by atoms with Crippen molar-refractivity contribution in [3.8, 4) is 0 Å². The molecule has 0 aliphatic carbocycles. The third-order valence-electron chi connectivity index (χ3n) is 2.51. The monoisotopic (exact) mass is 313 g/mol. The Morgan fingerprint density at radius 3 is 2.59 bits per heavy atom. The van der Waals surface area contributed by atoms with Crippen LogP contribution in [0, 0.1) is 5.82 Å². The lowest BCUT2D eigenvalue weighted by atomic mass is 9.99. The van der Waals surface area contributed by atoms with Crippen molar-refractivity contribution in [3.05, 3.63) is 68.9 Å². The van der Waals surface area contributed by atoms with Crippen molar-refractivity contribution in [2.24, 2.45) is 5.73 Å². The standard InChI is InChI=1S/C13H10BrClFN/c14-9-3-1-2-8(6-9)13(17)11-5-4-10(15)7-12(11)16/h1-7,13H,17H2. The molecule has 1 unspecified atom stereocenters. The molecule has 0 heterocycles. The summed E-state index contributed by atoms with van der Waals surface area (Å²) in [6.07, 6.45) is 0. The van der Waals surface area contributed by atoms with Crippen LogP contribution in [0.2, 0.25) is 5.02 Å². The van der Waals surface area contributed by atoms with E-state index in [1.54, 1.807) is 12.1 Å². The second kappa shape index (κ2) is 5.17. The molecule has 17 heavy (non-hydrogen) atoms. The van der Waals surface area contributed by atoms with Crippen molar-refractivity contribution >= 4 is 27.5 Å². The maximum Gasteiger partial charge on any atom is 0.129 e. The van der Waals surface area contributed by atoms with Crippen LogP contribution in [-0.4, -0.2) is 0 Å². The Kier molecular flexibility index (Phi) is 3.82. The Balaban J connectivity index is 2.40. The van der Waals surface area contributed by atoms with Gasteiger partial charge in [-0.25, -0.2) is 4.39 Å². The van der Waals surface area contributed by atoms with Gasteiger partial charge in [0.2, 0.25) is 0 Å². The van der Waals surface area contributed by atoms with Crippen LogP contribution in [-0.2, 0) is 0 Å². The molecule has 2 aromatic rings. The number of benzene rings is 2. The predicted molar refractivity (Wildman–Crippen MR) is 71.6 cm³/mol. The van der Waals surface area contributed by atoms with Gasteiger partial charge in [0.1, 0.15) is 5.82 Å². The van der Waals surface area contributed by atoms with E-state index >= 15 is 0 Å². The lowest BCUT2D eigenvalue weighted by Gasteiger charge is -2.14. The molecule has 0 saturated heterocycles. The zero-order valence-electron chi connectivity index (χ0n) is 8.83. The number of rotatable bonds is 2. The first-order chi connectivity index (χ1) is 8.08. The minimum Gasteiger partial charge on any atom is -0.320 e. The first-order valence-electron chi connectivity index (χ1n) is 5.04. The normalized spacial score (nSPS) is 12.5. The number of nitrogens with two attached hydrogens (primary N) is 1. The van der Waals surface area contributed by atoms with E-state index in [0.29, 0.717) is 10.6 Å². The van der Waals surface area contributed by atoms with Crippen molar-refractivity contribution in [1.82, 2.24) is 0 Å². The maximum atomic E-state index is 13.7. The first kappa shape index (κ1) is 12.6. The highest BCUT2D eigenvalue weighted by atomic mass is 79.9. The third kappa shape index (κ3) is 2.86. The molecule has 4 heteroatoms. The van der Waals surface area contributed by atoms with Gasteiger partial charge in [0.15, 0.2) is 0 Å². The van der Waals surface area contributed by atoms with Crippen molar-refractivity contribution in [2.75, 3.05) is 0 Å². The fraction of sp³-hybridized carbons (Fsp3) is 0.0769. The second-order valence-electron chi connectivity index (χ2n) is 3.70. The highest BCUT2D eigenvalue weighted by Crippen LogP contribution is 2.26. The molecule has 1 atom stereocenters. The number of hydrogen-bond acceptors (Lipinski definition) is 1. The zero-order valence-corrected chi connectivity index (χ0v) is 11.2. The van der Waals surface area contributed by atoms with E-state index in [9.17, 15) is 4.39 Å². The van der Waals surface area contributed by atoms with E-state index in [-0.39, 0.29) is 5.82 Å². The molecule has 0 radical (unpaired) electrons. The maximum absolute atomic E-state index is 13.7. The van der Waals surface area contributed by atoms with Crippen LogP contribution in [0.5, 0.6) is 0 Å². The summed E-state index contributed by atoms with van der Waals surface area (Å²) in [5, 5.41) is 0.368. The minimum atomic E-state index is -0.496. The highest BCUT2D eigenvalue weighted by molar-refractivity contribution is 9.10. The van der Waals surface area contributed by atoms with Gasteiger partial charge in [-0.15, -0.1) is 0 Å². The summed E-state index contributed by atoms with van der Waals surface area (Å²) >= 11 is 9.07. The average molecular weight is 315 g/mol. The van der Waals surface area contributed by atoms with Gasteiger partial charge in [-0.05, 0) is 29.8 Å². The quantitative estimate of drug-likeness (QED) is 0.879. The highest BCUT2D eigenvalue weighted by Gasteiger charge is 2.13. The topological polar surface area (TPSA) is 26.0 Å². The molecule has 2 N–H and O–H groups in total. The molecule has 0 spiro atoms. The molecular formula is C13H10BrClFN. The van der Waals surface area contributed by atoms with Gasteiger partial charge in [-0.2, -0.15) is 0 Å². The summed E-state index contributed by atoms with van der Waals surface area (Å²) in [7, 11) is 0. The van der Waals surface area contributed by atoms with Crippen molar-refractivity contribution in [3.63, 3.8) is 0 Å². The Labute approximate surface area is 113 Å².